The third kappa shape index (κ3) is 6.46. The average Bonchev–Trinajstić information content (AvgIpc) is 3.56. The monoisotopic (exact) mass is 668 g/mol. The molecule has 10 atom stereocenters. The highest BCUT2D eigenvalue weighted by atomic mass is 31.3. The van der Waals surface area contributed by atoms with E-state index < -0.39 is 89.2 Å². The van der Waals surface area contributed by atoms with Gasteiger partial charge < -0.3 is 51.2 Å². The van der Waals surface area contributed by atoms with Crippen molar-refractivity contribution in [3.8, 4) is 0 Å². The van der Waals surface area contributed by atoms with E-state index in [1.165, 1.54) is 6.07 Å². The number of nitrogen functional groups attached to an aromatic ring is 2. The lowest BCUT2D eigenvalue weighted by Crippen LogP contribution is -2.36. The van der Waals surface area contributed by atoms with Gasteiger partial charge in [-0.1, -0.05) is 0 Å². The minimum absolute atomic E-state index is 0.106. The molecule has 0 amide bonds. The predicted octanol–water partition coefficient (Wildman–Crippen LogP) is -3.97. The Morgan fingerprint density at radius 1 is 0.886 bits per heavy atom. The van der Waals surface area contributed by atoms with E-state index in [2.05, 4.69) is 33.3 Å². The van der Waals surface area contributed by atoms with Gasteiger partial charge in [-0.2, -0.15) is 14.3 Å². The zero-order valence-electron chi connectivity index (χ0n) is 21.9. The molecule has 2 fully saturated rings. The summed E-state index contributed by atoms with van der Waals surface area (Å²) in [7, 11) is -10.9. The molecule has 2 aliphatic rings. The number of aliphatic hydroxyl groups excluding tert-OH is 4. The van der Waals surface area contributed by atoms with Crippen LogP contribution in [0.2, 0.25) is 0 Å². The van der Waals surface area contributed by atoms with Gasteiger partial charge in [0, 0.05) is 6.20 Å². The number of ether oxygens (including phenoxy) is 2. The number of imidazole rings is 1. The number of anilines is 2. The molecule has 23 nitrogen and oxygen atoms in total. The molecule has 5 heterocycles. The second-order valence-corrected chi connectivity index (χ2v) is 12.6. The number of rotatable bonds is 10. The van der Waals surface area contributed by atoms with Crippen molar-refractivity contribution in [3.05, 3.63) is 39.4 Å². The molecule has 11 N–H and O–H groups in total. The molecule has 25 heteroatoms. The molecular weight excluding hydrogens is 642 g/mol. The smallest absolute Gasteiger partial charge is 0.387 e. The van der Waals surface area contributed by atoms with Crippen molar-refractivity contribution in [2.45, 2.75) is 49.1 Å². The largest absolute Gasteiger partial charge is 0.481 e. The van der Waals surface area contributed by atoms with E-state index in [9.17, 15) is 48.9 Å². The second kappa shape index (κ2) is 12.0. The SMILES string of the molecule is Nc1ccn([C@@H]2O[C@H](COP(=O)(O)OP(=O)(O)OC[C@H]3O[C@@H](n4cnc5c(=O)[nH]c(N)nc54)[C@H](O)[C@@H]3O)[C@@H](O)[C@H]2O)c(=O)n1. The van der Waals surface area contributed by atoms with Crippen LogP contribution in [0.15, 0.2) is 28.2 Å². The molecule has 0 radical (unpaired) electrons. The van der Waals surface area contributed by atoms with Crippen LogP contribution in [0.3, 0.4) is 0 Å². The van der Waals surface area contributed by atoms with E-state index in [1.54, 1.807) is 0 Å². The van der Waals surface area contributed by atoms with Crippen LogP contribution in [0.5, 0.6) is 0 Å². The van der Waals surface area contributed by atoms with E-state index >= 15 is 0 Å². The first-order chi connectivity index (χ1) is 20.6. The quantitative estimate of drug-likeness (QED) is 0.0930. The third-order valence-electron chi connectivity index (χ3n) is 6.54. The van der Waals surface area contributed by atoms with Crippen molar-refractivity contribution in [1.29, 1.82) is 0 Å². The number of aromatic nitrogens is 6. The molecule has 2 saturated heterocycles. The Labute approximate surface area is 243 Å². The number of nitrogens with two attached hydrogens (primary N) is 2. The second-order valence-electron chi connectivity index (χ2n) is 9.52. The molecule has 0 bridgehead atoms. The van der Waals surface area contributed by atoms with Gasteiger partial charge in [0.05, 0.1) is 19.5 Å². The molecule has 0 spiro atoms. The van der Waals surface area contributed by atoms with Crippen LogP contribution in [-0.2, 0) is 32.0 Å². The number of nitrogens with zero attached hydrogens (tertiary/aromatic N) is 5. The van der Waals surface area contributed by atoms with Crippen LogP contribution in [0.4, 0.5) is 11.8 Å². The number of hydrogen-bond acceptors (Lipinski definition) is 18. The molecule has 3 aromatic heterocycles. The van der Waals surface area contributed by atoms with Crippen molar-refractivity contribution in [1.82, 2.24) is 29.1 Å². The van der Waals surface area contributed by atoms with Crippen LogP contribution in [0, 0.1) is 0 Å². The Bertz CT molecular complexity index is 1750. The Kier molecular flexibility index (Phi) is 8.78. The molecular formula is C19H26N8O15P2. The summed E-state index contributed by atoms with van der Waals surface area (Å²) < 4.78 is 51.0. The highest BCUT2D eigenvalue weighted by Crippen LogP contribution is 2.60. The predicted molar refractivity (Wildman–Crippen MR) is 140 cm³/mol. The Balaban J connectivity index is 1.17. The lowest BCUT2D eigenvalue weighted by atomic mass is 10.1. The standard InChI is InChI=1S/C19H26N8O15P2/c20-8-1-2-26(19(33)23-8)16-12(30)10(28)6(40-16)3-38-43(34,35)42-44(36,37)39-4-7-11(29)13(31)17(41-7)27-5-22-9-14(27)24-18(21)25-15(9)32/h1-2,5-7,10-13,16-17,28-31H,3-4H2,(H,34,35)(H,36,37)(H2,20,23,33)(H3,21,24,25,32)/t6-,7-,10-,11-,12-,13-,16-,17-/m1/s1. The molecule has 0 aromatic carbocycles. The van der Waals surface area contributed by atoms with Gasteiger partial charge >= 0.3 is 21.3 Å². The fraction of sp³-hybridized carbons (Fsp3) is 0.526. The summed E-state index contributed by atoms with van der Waals surface area (Å²) in [6.07, 6.45) is -10.6. The molecule has 242 valence electrons. The van der Waals surface area contributed by atoms with Crippen LogP contribution in [0.25, 0.3) is 11.2 Å². The Morgan fingerprint density at radius 2 is 1.43 bits per heavy atom. The molecule has 0 saturated carbocycles. The van der Waals surface area contributed by atoms with Gasteiger partial charge in [-0.25, -0.2) is 18.9 Å². The average molecular weight is 668 g/mol. The normalized spacial score (nSPS) is 31.7. The van der Waals surface area contributed by atoms with Crippen molar-refractivity contribution in [2.75, 3.05) is 24.7 Å². The van der Waals surface area contributed by atoms with Crippen LogP contribution in [0.1, 0.15) is 12.5 Å². The summed E-state index contributed by atoms with van der Waals surface area (Å²) >= 11 is 0. The van der Waals surface area contributed by atoms with Gasteiger partial charge in [-0.3, -0.25) is 28.0 Å². The number of aromatic amines is 1. The molecule has 2 unspecified atom stereocenters. The number of phosphoric ester groups is 2. The lowest BCUT2D eigenvalue weighted by Gasteiger charge is -2.20. The Hall–Kier alpha value is -3.15. The molecule has 3 aromatic rings. The number of phosphoric acid groups is 2. The highest BCUT2D eigenvalue weighted by molar-refractivity contribution is 7.61. The van der Waals surface area contributed by atoms with Gasteiger partial charge in [0.2, 0.25) is 5.95 Å². The van der Waals surface area contributed by atoms with Crippen LogP contribution in [-0.4, -0.2) is 109 Å². The fourth-order valence-electron chi connectivity index (χ4n) is 4.46. The van der Waals surface area contributed by atoms with Crippen LogP contribution < -0.4 is 22.7 Å². The summed E-state index contributed by atoms with van der Waals surface area (Å²) in [6.45, 7) is -1.94. The van der Waals surface area contributed by atoms with E-state index in [4.69, 9.17) is 20.9 Å². The maximum absolute atomic E-state index is 12.4. The topological polar surface area (TPSA) is 352 Å². The minimum atomic E-state index is -5.43. The first-order valence-electron chi connectivity index (χ1n) is 12.3. The van der Waals surface area contributed by atoms with Gasteiger partial charge in [-0.15, -0.1) is 0 Å². The minimum Gasteiger partial charge on any atom is -0.387 e. The van der Waals surface area contributed by atoms with E-state index in [0.717, 1.165) is 21.7 Å². The zero-order chi connectivity index (χ0) is 32.1. The van der Waals surface area contributed by atoms with Crippen molar-refractivity contribution in [2.24, 2.45) is 0 Å². The number of aliphatic hydroxyl groups is 4. The maximum atomic E-state index is 12.4. The first-order valence-corrected chi connectivity index (χ1v) is 15.3. The number of H-pyrrole nitrogens is 1. The summed E-state index contributed by atoms with van der Waals surface area (Å²) in [5.41, 5.74) is 9.07. The first kappa shape index (κ1) is 32.2. The summed E-state index contributed by atoms with van der Waals surface area (Å²) in [5, 5.41) is 41.4. The maximum Gasteiger partial charge on any atom is 0.481 e. The molecule has 44 heavy (non-hydrogen) atoms. The Morgan fingerprint density at radius 3 is 1.98 bits per heavy atom. The number of hydrogen-bond donors (Lipinski definition) is 9. The van der Waals surface area contributed by atoms with E-state index in [0.29, 0.717) is 0 Å². The van der Waals surface area contributed by atoms with Gasteiger partial charge in [-0.05, 0) is 6.07 Å². The molecule has 0 aliphatic carbocycles. The highest BCUT2D eigenvalue weighted by Gasteiger charge is 2.48. The molecule has 5 rings (SSSR count). The van der Waals surface area contributed by atoms with Gasteiger partial charge in [0.1, 0.15) is 42.4 Å². The third-order valence-corrected chi connectivity index (χ3v) is 9.14. The number of fused-ring (bicyclic) bond motifs is 1. The van der Waals surface area contributed by atoms with Crippen molar-refractivity contribution >= 4 is 38.6 Å². The van der Waals surface area contributed by atoms with Gasteiger partial charge in [0.25, 0.3) is 5.56 Å². The van der Waals surface area contributed by atoms with E-state index in [-0.39, 0.29) is 22.9 Å². The fourth-order valence-corrected chi connectivity index (χ4v) is 6.55. The summed E-state index contributed by atoms with van der Waals surface area (Å²) in [6, 6.07) is 1.22. The van der Waals surface area contributed by atoms with E-state index in [1.807, 2.05) is 0 Å². The number of nitrogens with one attached hydrogen (secondary N) is 1. The lowest BCUT2D eigenvalue weighted by molar-refractivity contribution is -0.0555. The van der Waals surface area contributed by atoms with Crippen molar-refractivity contribution in [3.63, 3.8) is 0 Å². The van der Waals surface area contributed by atoms with Gasteiger partial charge in [0.15, 0.2) is 23.6 Å². The zero-order valence-corrected chi connectivity index (χ0v) is 23.7. The summed E-state index contributed by atoms with van der Waals surface area (Å²) in [4.78, 5) is 57.5. The molecule has 2 aliphatic heterocycles. The van der Waals surface area contributed by atoms with Crippen molar-refractivity contribution < 1.29 is 62.2 Å². The summed E-state index contributed by atoms with van der Waals surface area (Å²) in [5.74, 6) is -0.392. The van der Waals surface area contributed by atoms with Crippen LogP contribution >= 0.6 is 15.6 Å².